The molecule has 0 unspecified atom stereocenters. The van der Waals surface area contributed by atoms with Crippen molar-refractivity contribution in [2.24, 2.45) is 10.7 Å². The molecule has 0 radical (unpaired) electrons. The maximum Gasteiger partial charge on any atom is 0.252 e. The monoisotopic (exact) mass is 254 g/mol. The van der Waals surface area contributed by atoms with Gasteiger partial charge in [-0.2, -0.15) is 0 Å². The fourth-order valence-electron chi connectivity index (χ4n) is 1.11. The summed E-state index contributed by atoms with van der Waals surface area (Å²) in [6.45, 7) is -0.350. The Morgan fingerprint density at radius 3 is 2.89 bits per heavy atom. The third-order valence-electron chi connectivity index (χ3n) is 1.92. The van der Waals surface area contributed by atoms with Gasteiger partial charge in [-0.1, -0.05) is 0 Å². The number of nitrogens with zero attached hydrogens (tertiary/aromatic N) is 3. The minimum atomic E-state index is -0.888. The zero-order valence-corrected chi connectivity index (χ0v) is 9.18. The third-order valence-corrected chi connectivity index (χ3v) is 1.92. The van der Waals surface area contributed by atoms with Gasteiger partial charge in [-0.05, 0) is 12.1 Å². The van der Waals surface area contributed by atoms with E-state index in [2.05, 4.69) is 30.7 Å². The summed E-state index contributed by atoms with van der Waals surface area (Å²) in [7, 11) is 0. The van der Waals surface area contributed by atoms with Gasteiger partial charge in [0.05, 0.1) is 12.1 Å². The van der Waals surface area contributed by atoms with Gasteiger partial charge in [0, 0.05) is 12.4 Å². The minimum Gasteiger partial charge on any atom is -0.360 e. The molecule has 0 aliphatic rings. The molecule has 9 nitrogen and oxygen atoms in total. The maximum atomic E-state index is 11.6. The van der Waals surface area contributed by atoms with Gasteiger partial charge in [0.25, 0.3) is 5.91 Å². The van der Waals surface area contributed by atoms with Crippen molar-refractivity contribution in [3.8, 4) is 0 Å². The largest absolute Gasteiger partial charge is 0.360 e. The van der Waals surface area contributed by atoms with Crippen LogP contribution in [-0.4, -0.2) is 30.1 Å². The summed E-state index contributed by atoms with van der Waals surface area (Å²) in [5.41, 5.74) is 0.352. The van der Waals surface area contributed by atoms with Crippen molar-refractivity contribution in [2.45, 2.75) is 6.10 Å². The molecule has 18 heavy (non-hydrogen) atoms. The first-order chi connectivity index (χ1) is 8.77. The van der Waals surface area contributed by atoms with Crippen molar-refractivity contribution in [3.63, 3.8) is 0 Å². The van der Waals surface area contributed by atoms with Crippen molar-refractivity contribution >= 4 is 5.91 Å². The van der Waals surface area contributed by atoms with Crippen LogP contribution in [0.5, 0.6) is 0 Å². The molecule has 0 saturated heterocycles. The Balaban J connectivity index is 2.43. The average molecular weight is 254 g/mol. The lowest BCUT2D eigenvalue weighted by Gasteiger charge is -2.11. The topological polar surface area (TPSA) is 119 Å². The van der Waals surface area contributed by atoms with Crippen molar-refractivity contribution in [2.75, 3.05) is 13.2 Å². The second-order valence-corrected chi connectivity index (χ2v) is 3.12. The van der Waals surface area contributed by atoms with E-state index in [4.69, 9.17) is 0 Å². The highest BCUT2D eigenvalue weighted by molar-refractivity contribution is 5.93. The first-order valence-electron chi connectivity index (χ1n) is 4.89. The van der Waals surface area contributed by atoms with Gasteiger partial charge in [0.15, 0.2) is 23.4 Å². The summed E-state index contributed by atoms with van der Waals surface area (Å²) in [6.07, 6.45) is 2.02. The van der Waals surface area contributed by atoms with E-state index in [9.17, 15) is 14.6 Å². The van der Waals surface area contributed by atoms with E-state index in [1.807, 2.05) is 0 Å². The summed E-state index contributed by atoms with van der Waals surface area (Å²) in [5, 5.41) is 6.82. The second kappa shape index (κ2) is 7.65. The molecule has 1 aromatic rings. The molecule has 0 aliphatic heterocycles. The molecule has 1 rings (SSSR count). The molecule has 0 spiro atoms. The Morgan fingerprint density at radius 1 is 1.44 bits per heavy atom. The lowest BCUT2D eigenvalue weighted by atomic mass is 10.2. The fourth-order valence-corrected chi connectivity index (χ4v) is 1.11. The van der Waals surface area contributed by atoms with E-state index in [0.717, 1.165) is 0 Å². The lowest BCUT2D eigenvalue weighted by molar-refractivity contribution is -0.0148. The highest BCUT2D eigenvalue weighted by atomic mass is 16.8. The molecule has 1 atom stereocenters. The number of amides is 1. The first-order valence-corrected chi connectivity index (χ1v) is 4.89. The Labute approximate surface area is 101 Å². The predicted octanol–water partition coefficient (Wildman–Crippen LogP) is 0.576. The van der Waals surface area contributed by atoms with Crippen LogP contribution < -0.4 is 5.32 Å². The van der Waals surface area contributed by atoms with Crippen LogP contribution >= 0.6 is 0 Å². The van der Waals surface area contributed by atoms with Crippen molar-refractivity contribution in [1.29, 1.82) is 0 Å². The van der Waals surface area contributed by atoms with Gasteiger partial charge in [0.1, 0.15) is 0 Å². The van der Waals surface area contributed by atoms with Crippen LogP contribution in [0.3, 0.4) is 0 Å². The van der Waals surface area contributed by atoms with Gasteiger partial charge in [0.2, 0.25) is 0 Å². The number of pyridine rings is 1. The molecule has 9 heteroatoms. The Morgan fingerprint density at radius 2 is 2.28 bits per heavy atom. The number of hydrogen-bond donors (Lipinski definition) is 1. The number of carbonyl (C=O) groups excluding carboxylic acids is 1. The third kappa shape index (κ3) is 4.51. The molecule has 0 fully saturated rings. The Kier molecular flexibility index (Phi) is 5.73. The van der Waals surface area contributed by atoms with Crippen molar-refractivity contribution in [3.05, 3.63) is 39.9 Å². The maximum absolute atomic E-state index is 11.6. The molecule has 0 aromatic carbocycles. The molecule has 1 amide bonds. The van der Waals surface area contributed by atoms with Crippen molar-refractivity contribution in [1.82, 2.24) is 10.3 Å². The number of aromatic nitrogens is 1. The zero-order chi connectivity index (χ0) is 13.2. The van der Waals surface area contributed by atoms with Crippen LogP contribution in [0.1, 0.15) is 10.4 Å². The molecule has 0 saturated carbocycles. The number of rotatable bonds is 8. The van der Waals surface area contributed by atoms with E-state index < -0.39 is 12.0 Å². The Hall–Kier alpha value is -2.58. The number of carbonyl (C=O) groups is 1. The van der Waals surface area contributed by atoms with Crippen molar-refractivity contribution < 1.29 is 14.5 Å². The van der Waals surface area contributed by atoms with Crippen LogP contribution in [0, 0.1) is 9.81 Å². The van der Waals surface area contributed by atoms with E-state index in [-0.39, 0.29) is 13.2 Å². The lowest BCUT2D eigenvalue weighted by Crippen LogP contribution is -2.35. The summed E-state index contributed by atoms with van der Waals surface area (Å²) < 4.78 is 0. The van der Waals surface area contributed by atoms with E-state index >= 15 is 0 Å². The van der Waals surface area contributed by atoms with Crippen LogP contribution in [0.4, 0.5) is 0 Å². The molecule has 1 N–H and O–H groups in total. The minimum absolute atomic E-state index is 0.0605. The highest BCUT2D eigenvalue weighted by Crippen LogP contribution is 1.97. The van der Waals surface area contributed by atoms with Gasteiger partial charge in [-0.3, -0.25) is 9.78 Å². The average Bonchev–Trinajstić information content (AvgIpc) is 2.42. The normalized spacial score (nSPS) is 11.1. The van der Waals surface area contributed by atoms with E-state index in [0.29, 0.717) is 5.56 Å². The molecular formula is C9H10N4O5. The van der Waals surface area contributed by atoms with Crippen LogP contribution in [0.25, 0.3) is 0 Å². The molecular weight excluding hydrogens is 244 g/mol. The number of nitrogens with one attached hydrogen (secondary N) is 1. The SMILES string of the molecule is O=NOC[C@@H](CNC(=O)c1cccnc1)ON=O. The fraction of sp³-hybridized carbons (Fsp3) is 0.333. The first kappa shape index (κ1) is 13.5. The smallest absolute Gasteiger partial charge is 0.252 e. The van der Waals surface area contributed by atoms with E-state index in [1.54, 1.807) is 12.1 Å². The van der Waals surface area contributed by atoms with Gasteiger partial charge in [-0.15, -0.1) is 9.81 Å². The highest BCUT2D eigenvalue weighted by Gasteiger charge is 2.14. The summed E-state index contributed by atoms with van der Waals surface area (Å²) >= 11 is 0. The molecule has 1 aromatic heterocycles. The Bertz CT molecular complexity index is 399. The molecule has 1 heterocycles. The van der Waals surface area contributed by atoms with Gasteiger partial charge in [-0.25, -0.2) is 0 Å². The standard InChI is InChI=1S/C9H10N4O5/c14-9(7-2-1-3-10-4-7)11-5-8(18-13-16)6-17-12-15/h1-4,8H,5-6H2,(H,11,14)/t8-/m1/s1. The van der Waals surface area contributed by atoms with Gasteiger partial charge < -0.3 is 15.0 Å². The quantitative estimate of drug-likeness (QED) is 0.535. The van der Waals surface area contributed by atoms with Crippen LogP contribution in [0.15, 0.2) is 35.2 Å². The van der Waals surface area contributed by atoms with Crippen LogP contribution in [-0.2, 0) is 9.68 Å². The van der Waals surface area contributed by atoms with Gasteiger partial charge >= 0.3 is 0 Å². The number of hydrogen-bond acceptors (Lipinski definition) is 8. The second-order valence-electron chi connectivity index (χ2n) is 3.12. The van der Waals surface area contributed by atoms with E-state index in [1.165, 1.54) is 12.4 Å². The molecule has 0 bridgehead atoms. The summed E-state index contributed by atoms with van der Waals surface area (Å²) in [4.78, 5) is 43.6. The molecule has 96 valence electrons. The predicted molar refractivity (Wildman–Crippen MR) is 59.0 cm³/mol. The zero-order valence-electron chi connectivity index (χ0n) is 9.18. The van der Waals surface area contributed by atoms with Crippen LogP contribution in [0.2, 0.25) is 0 Å². The summed E-state index contributed by atoms with van der Waals surface area (Å²) in [6, 6.07) is 3.18. The molecule has 0 aliphatic carbocycles. The summed E-state index contributed by atoms with van der Waals surface area (Å²) in [5.74, 6) is -0.401.